The molecule has 1 aliphatic rings. The molecule has 4 nitrogen and oxygen atoms in total. The molecular formula is C14H20F2N2O2S. The molecule has 21 heavy (non-hydrogen) atoms. The molecule has 1 aliphatic carbocycles. The largest absolute Gasteiger partial charge is 0.310 e. The summed E-state index contributed by atoms with van der Waals surface area (Å²) in [5.41, 5.74) is -0.222. The second kappa shape index (κ2) is 6.81. The van der Waals surface area contributed by atoms with E-state index in [9.17, 15) is 17.2 Å². The van der Waals surface area contributed by atoms with Gasteiger partial charge in [-0.3, -0.25) is 0 Å². The number of unbranched alkanes of at least 4 members (excludes halogenated alkanes) is 1. The molecule has 0 unspecified atom stereocenters. The maximum absolute atomic E-state index is 14.3. The average molecular weight is 318 g/mol. The van der Waals surface area contributed by atoms with Crippen LogP contribution >= 0.6 is 0 Å². The van der Waals surface area contributed by atoms with Gasteiger partial charge in [-0.05, 0) is 31.4 Å². The van der Waals surface area contributed by atoms with Crippen LogP contribution in [-0.4, -0.2) is 21.0 Å². The highest BCUT2D eigenvalue weighted by Crippen LogP contribution is 2.23. The van der Waals surface area contributed by atoms with Crippen LogP contribution in [0.1, 0.15) is 38.2 Å². The highest BCUT2D eigenvalue weighted by atomic mass is 32.2. The Balaban J connectivity index is 2.20. The lowest BCUT2D eigenvalue weighted by Crippen LogP contribution is -2.27. The standard InChI is InChI=1S/C14H20F2N2O2S/c1-2-3-8-18-21(19,20)13-7-6-12(15)11(14(13)16)9-17-10-4-5-10/h6-7,10,17-18H,2-5,8-9H2,1H3. The van der Waals surface area contributed by atoms with Gasteiger partial charge in [0.05, 0.1) is 0 Å². The minimum Gasteiger partial charge on any atom is -0.310 e. The molecule has 0 aliphatic heterocycles. The number of benzene rings is 1. The van der Waals surface area contributed by atoms with Gasteiger partial charge in [0.15, 0.2) is 5.82 Å². The Morgan fingerprint density at radius 2 is 2.00 bits per heavy atom. The molecule has 7 heteroatoms. The first kappa shape index (κ1) is 16.3. The average Bonchev–Trinajstić information content (AvgIpc) is 3.22. The Hall–Kier alpha value is -1.05. The van der Waals surface area contributed by atoms with Gasteiger partial charge in [-0.15, -0.1) is 0 Å². The molecule has 0 heterocycles. The lowest BCUT2D eigenvalue weighted by atomic mass is 10.2. The van der Waals surface area contributed by atoms with E-state index >= 15 is 0 Å². The number of hydrogen-bond donors (Lipinski definition) is 2. The van der Waals surface area contributed by atoms with Crippen molar-refractivity contribution in [2.75, 3.05) is 6.54 Å². The van der Waals surface area contributed by atoms with Crippen LogP contribution in [0.3, 0.4) is 0 Å². The van der Waals surface area contributed by atoms with E-state index in [2.05, 4.69) is 10.0 Å². The van der Waals surface area contributed by atoms with Crippen LogP contribution in [0.2, 0.25) is 0 Å². The van der Waals surface area contributed by atoms with Gasteiger partial charge in [-0.1, -0.05) is 13.3 Å². The molecule has 1 saturated carbocycles. The predicted molar refractivity (Wildman–Crippen MR) is 76.3 cm³/mol. The van der Waals surface area contributed by atoms with Crippen molar-refractivity contribution in [3.05, 3.63) is 29.3 Å². The molecule has 0 saturated heterocycles. The lowest BCUT2D eigenvalue weighted by Gasteiger charge is -2.11. The van der Waals surface area contributed by atoms with E-state index in [4.69, 9.17) is 0 Å². The van der Waals surface area contributed by atoms with E-state index in [1.807, 2.05) is 6.92 Å². The van der Waals surface area contributed by atoms with E-state index in [1.54, 1.807) is 0 Å². The molecule has 2 N–H and O–H groups in total. The number of hydrogen-bond acceptors (Lipinski definition) is 3. The third-order valence-electron chi connectivity index (χ3n) is 3.41. The quantitative estimate of drug-likeness (QED) is 0.723. The molecular weight excluding hydrogens is 298 g/mol. The molecule has 118 valence electrons. The van der Waals surface area contributed by atoms with Gasteiger partial charge in [0, 0.05) is 24.7 Å². The maximum atomic E-state index is 14.3. The van der Waals surface area contributed by atoms with Gasteiger partial charge in [0.25, 0.3) is 0 Å². The van der Waals surface area contributed by atoms with Crippen molar-refractivity contribution < 1.29 is 17.2 Å². The lowest BCUT2D eigenvalue weighted by molar-refractivity contribution is 0.510. The number of nitrogens with one attached hydrogen (secondary N) is 2. The Kier molecular flexibility index (Phi) is 5.29. The molecule has 0 bridgehead atoms. The normalized spacial score (nSPS) is 15.4. The fraction of sp³-hybridized carbons (Fsp3) is 0.571. The smallest absolute Gasteiger partial charge is 0.243 e. The van der Waals surface area contributed by atoms with Crippen LogP contribution in [-0.2, 0) is 16.6 Å². The van der Waals surface area contributed by atoms with Gasteiger partial charge in [0.2, 0.25) is 10.0 Å². The second-order valence-corrected chi connectivity index (χ2v) is 6.98. The van der Waals surface area contributed by atoms with E-state index < -0.39 is 26.6 Å². The first-order valence-electron chi connectivity index (χ1n) is 7.15. The molecule has 1 fully saturated rings. The summed E-state index contributed by atoms with van der Waals surface area (Å²) in [5.74, 6) is -1.74. The van der Waals surface area contributed by atoms with Gasteiger partial charge in [-0.2, -0.15) is 0 Å². The zero-order chi connectivity index (χ0) is 15.5. The van der Waals surface area contributed by atoms with Crippen molar-refractivity contribution >= 4 is 10.0 Å². The summed E-state index contributed by atoms with van der Waals surface area (Å²) in [7, 11) is -3.94. The van der Waals surface area contributed by atoms with Crippen LogP contribution < -0.4 is 10.0 Å². The fourth-order valence-corrected chi connectivity index (χ4v) is 3.12. The van der Waals surface area contributed by atoms with Crippen molar-refractivity contribution in [2.45, 2.75) is 50.1 Å². The maximum Gasteiger partial charge on any atom is 0.243 e. The number of sulfonamides is 1. The van der Waals surface area contributed by atoms with E-state index in [0.29, 0.717) is 6.42 Å². The van der Waals surface area contributed by atoms with Crippen molar-refractivity contribution in [1.82, 2.24) is 10.0 Å². The van der Waals surface area contributed by atoms with Crippen LogP contribution in [0.4, 0.5) is 8.78 Å². The molecule has 0 radical (unpaired) electrons. The zero-order valence-electron chi connectivity index (χ0n) is 12.0. The summed E-state index contributed by atoms with van der Waals surface area (Å²) in [5, 5.41) is 2.99. The van der Waals surface area contributed by atoms with E-state index in [0.717, 1.165) is 31.4 Å². The highest BCUT2D eigenvalue weighted by molar-refractivity contribution is 7.89. The second-order valence-electron chi connectivity index (χ2n) is 5.24. The minimum absolute atomic E-state index is 0.000648. The third kappa shape index (κ3) is 4.21. The summed E-state index contributed by atoms with van der Waals surface area (Å²) in [4.78, 5) is -0.493. The molecule has 1 aromatic rings. The molecule has 0 atom stereocenters. The summed E-state index contributed by atoms with van der Waals surface area (Å²) in [6, 6.07) is 2.26. The Bertz CT molecular complexity index is 601. The van der Waals surface area contributed by atoms with Crippen LogP contribution in [0.25, 0.3) is 0 Å². The summed E-state index contributed by atoms with van der Waals surface area (Å²) in [6.45, 7) is 2.17. The molecule has 1 aromatic carbocycles. The first-order valence-corrected chi connectivity index (χ1v) is 8.64. The molecule has 0 spiro atoms. The Morgan fingerprint density at radius 3 is 2.62 bits per heavy atom. The SMILES string of the molecule is CCCCNS(=O)(=O)c1ccc(F)c(CNC2CC2)c1F. The topological polar surface area (TPSA) is 58.2 Å². The first-order chi connectivity index (χ1) is 9.95. The minimum atomic E-state index is -3.94. The van der Waals surface area contributed by atoms with Crippen LogP contribution in [0, 0.1) is 11.6 Å². The third-order valence-corrected chi connectivity index (χ3v) is 4.89. The van der Waals surface area contributed by atoms with E-state index in [1.165, 1.54) is 0 Å². The number of halogens is 2. The van der Waals surface area contributed by atoms with Gasteiger partial charge >= 0.3 is 0 Å². The van der Waals surface area contributed by atoms with Crippen LogP contribution in [0.5, 0.6) is 0 Å². The molecule has 0 amide bonds. The van der Waals surface area contributed by atoms with Crippen molar-refractivity contribution in [3.63, 3.8) is 0 Å². The summed E-state index contributed by atoms with van der Waals surface area (Å²) in [6.07, 6.45) is 3.46. The van der Waals surface area contributed by atoms with Crippen molar-refractivity contribution in [3.8, 4) is 0 Å². The Morgan fingerprint density at radius 1 is 1.29 bits per heavy atom. The fourth-order valence-electron chi connectivity index (χ4n) is 1.94. The number of rotatable bonds is 8. The predicted octanol–water partition coefficient (Wildman–Crippen LogP) is 2.30. The van der Waals surface area contributed by atoms with Crippen LogP contribution in [0.15, 0.2) is 17.0 Å². The molecule has 0 aromatic heterocycles. The Labute approximate surface area is 124 Å². The summed E-state index contributed by atoms with van der Waals surface area (Å²) >= 11 is 0. The zero-order valence-corrected chi connectivity index (χ0v) is 12.8. The monoisotopic (exact) mass is 318 g/mol. The van der Waals surface area contributed by atoms with Gasteiger partial charge in [0.1, 0.15) is 10.7 Å². The van der Waals surface area contributed by atoms with Crippen molar-refractivity contribution in [1.29, 1.82) is 0 Å². The molecule has 2 rings (SSSR count). The van der Waals surface area contributed by atoms with Crippen molar-refractivity contribution in [2.24, 2.45) is 0 Å². The summed E-state index contributed by atoms with van der Waals surface area (Å²) < 4.78 is 54.4. The van der Waals surface area contributed by atoms with E-state index in [-0.39, 0.29) is 24.7 Å². The van der Waals surface area contributed by atoms with Gasteiger partial charge in [-0.25, -0.2) is 21.9 Å². The highest BCUT2D eigenvalue weighted by Gasteiger charge is 2.25. The van der Waals surface area contributed by atoms with Gasteiger partial charge < -0.3 is 5.32 Å².